The van der Waals surface area contributed by atoms with Crippen LogP contribution in [0.15, 0.2) is 54.1 Å². The quantitative estimate of drug-likeness (QED) is 0.522. The molecule has 3 atom stereocenters. The summed E-state index contributed by atoms with van der Waals surface area (Å²) in [7, 11) is 1.27. The van der Waals surface area contributed by atoms with Crippen molar-refractivity contribution in [3.63, 3.8) is 0 Å². The first-order chi connectivity index (χ1) is 16.4. The van der Waals surface area contributed by atoms with E-state index >= 15 is 0 Å². The summed E-state index contributed by atoms with van der Waals surface area (Å²) in [6.07, 6.45) is 1.44. The molecule has 2 aromatic rings. The summed E-state index contributed by atoms with van der Waals surface area (Å²) in [5.74, 6) is -0.255. The molecular weight excluding hydrogens is 459 g/mol. The molecule has 2 aromatic carbocycles. The fourth-order valence-corrected chi connectivity index (χ4v) is 4.64. The van der Waals surface area contributed by atoms with Gasteiger partial charge in [0.2, 0.25) is 0 Å². The van der Waals surface area contributed by atoms with E-state index in [1.807, 2.05) is 32.9 Å². The summed E-state index contributed by atoms with van der Waals surface area (Å²) in [5, 5.41) is 14.9. The highest BCUT2D eigenvalue weighted by atomic mass is 19.4. The molecule has 4 rings (SSSR count). The van der Waals surface area contributed by atoms with E-state index in [2.05, 4.69) is 11.4 Å². The maximum atomic E-state index is 13.2. The van der Waals surface area contributed by atoms with Gasteiger partial charge >= 0.3 is 6.18 Å². The first kappa shape index (κ1) is 25.0. The lowest BCUT2D eigenvalue weighted by Gasteiger charge is -2.43. The number of ether oxygens (including phenoxy) is 2. The summed E-state index contributed by atoms with van der Waals surface area (Å²) >= 11 is 0. The summed E-state index contributed by atoms with van der Waals surface area (Å²) in [6.45, 7) is 5.96. The van der Waals surface area contributed by atoms with Crippen LogP contribution in [0.2, 0.25) is 0 Å². The molecule has 0 bridgehead atoms. The predicted molar refractivity (Wildman–Crippen MR) is 127 cm³/mol. The molecule has 0 spiro atoms. The predicted octanol–water partition coefficient (Wildman–Crippen LogP) is 5.82. The third-order valence-corrected chi connectivity index (χ3v) is 6.48. The normalized spacial score (nSPS) is 25.3. The molecule has 0 saturated carbocycles. The number of anilines is 1. The highest BCUT2D eigenvalue weighted by molar-refractivity contribution is 6.01. The van der Waals surface area contributed by atoms with Gasteiger partial charge in [-0.2, -0.15) is 13.2 Å². The Balaban J connectivity index is 1.86. The minimum Gasteiger partial charge on any atom is -0.482 e. The molecule has 2 heterocycles. The Morgan fingerprint density at radius 2 is 1.89 bits per heavy atom. The lowest BCUT2D eigenvalue weighted by atomic mass is 9.76. The number of nitrogens with one attached hydrogen (secondary N) is 1. The van der Waals surface area contributed by atoms with Crippen molar-refractivity contribution in [1.29, 1.82) is 0 Å². The number of alkyl halides is 3. The van der Waals surface area contributed by atoms with Gasteiger partial charge in [-0.25, -0.2) is 0 Å². The Bertz CT molecular complexity index is 1200. The van der Waals surface area contributed by atoms with Crippen LogP contribution < -0.4 is 10.1 Å². The molecule has 0 radical (unpaired) electrons. The van der Waals surface area contributed by atoms with Crippen LogP contribution in [0.4, 0.5) is 18.9 Å². The van der Waals surface area contributed by atoms with Crippen LogP contribution in [0, 0.1) is 0 Å². The molecule has 186 valence electrons. The summed E-state index contributed by atoms with van der Waals surface area (Å²) < 4.78 is 51.4. The average molecular weight is 488 g/mol. The number of halogens is 3. The number of rotatable bonds is 5. The van der Waals surface area contributed by atoms with E-state index in [4.69, 9.17) is 9.47 Å². The van der Waals surface area contributed by atoms with Crippen LogP contribution in [0.3, 0.4) is 0 Å². The standard InChI is InChI=1S/C27H28F3NO4/c1-16(2)6-5-14-25(3)15-13-17-7-12-20-21(22(17)35-25)26(33,23(34-4)24(32)31-20)18-8-10-19(11-9-18)27(28,29)30/h6-13,15,23,33H,5,14H2,1-4H3,(H,31,32)/t23-,25-,26+/m1/s1. The van der Waals surface area contributed by atoms with E-state index in [9.17, 15) is 23.1 Å². The first-order valence-corrected chi connectivity index (χ1v) is 11.3. The second kappa shape index (κ2) is 8.84. The minimum atomic E-state index is -4.54. The number of amides is 1. The van der Waals surface area contributed by atoms with Gasteiger partial charge < -0.3 is 19.9 Å². The van der Waals surface area contributed by atoms with Crippen molar-refractivity contribution in [2.45, 2.75) is 57.1 Å². The lowest BCUT2D eigenvalue weighted by molar-refractivity contribution is -0.143. The molecule has 2 N–H and O–H groups in total. The van der Waals surface area contributed by atoms with Gasteiger partial charge in [0.25, 0.3) is 5.91 Å². The van der Waals surface area contributed by atoms with Crippen molar-refractivity contribution in [3.8, 4) is 5.75 Å². The van der Waals surface area contributed by atoms with Gasteiger partial charge in [0.15, 0.2) is 11.7 Å². The SMILES string of the molecule is CO[C@@H]1C(=O)Nc2ccc3c(c2[C@@]1(O)c1ccc(C(F)(F)F)cc1)O[C@](C)(CCC=C(C)C)C=C3. The molecule has 0 saturated heterocycles. The monoisotopic (exact) mass is 487 g/mol. The topological polar surface area (TPSA) is 67.8 Å². The smallest absolute Gasteiger partial charge is 0.416 e. The zero-order chi connectivity index (χ0) is 25.6. The van der Waals surface area contributed by atoms with Gasteiger partial charge in [0.1, 0.15) is 11.4 Å². The largest absolute Gasteiger partial charge is 0.482 e. The molecule has 35 heavy (non-hydrogen) atoms. The van der Waals surface area contributed by atoms with E-state index < -0.39 is 35.0 Å². The molecule has 8 heteroatoms. The Labute approximate surface area is 202 Å². The molecule has 0 aromatic heterocycles. The highest BCUT2D eigenvalue weighted by Gasteiger charge is 2.53. The number of carbonyl (C=O) groups excluding carboxylic acids is 1. The van der Waals surface area contributed by atoms with Gasteiger partial charge in [0.05, 0.1) is 16.8 Å². The molecule has 5 nitrogen and oxygen atoms in total. The number of carbonyl (C=O) groups is 1. The highest BCUT2D eigenvalue weighted by Crippen LogP contribution is 2.51. The first-order valence-electron chi connectivity index (χ1n) is 11.3. The number of aliphatic hydroxyl groups is 1. The minimum absolute atomic E-state index is 0.0891. The van der Waals surface area contributed by atoms with Crippen molar-refractivity contribution in [3.05, 3.63) is 76.4 Å². The Kier molecular flexibility index (Phi) is 6.32. The van der Waals surface area contributed by atoms with Crippen LogP contribution in [-0.4, -0.2) is 29.8 Å². The van der Waals surface area contributed by atoms with E-state index in [1.165, 1.54) is 24.8 Å². The molecule has 2 aliphatic rings. The number of hydrogen-bond donors (Lipinski definition) is 2. The average Bonchev–Trinajstić information content (AvgIpc) is 2.78. The Morgan fingerprint density at radius 1 is 1.20 bits per heavy atom. The van der Waals surface area contributed by atoms with E-state index in [-0.39, 0.29) is 11.1 Å². The summed E-state index contributed by atoms with van der Waals surface area (Å²) in [6, 6.07) is 7.51. The van der Waals surface area contributed by atoms with E-state index in [0.29, 0.717) is 23.4 Å². The van der Waals surface area contributed by atoms with Crippen molar-refractivity contribution in [1.82, 2.24) is 0 Å². The number of fused-ring (bicyclic) bond motifs is 3. The van der Waals surface area contributed by atoms with Gasteiger partial charge in [-0.15, -0.1) is 0 Å². The van der Waals surface area contributed by atoms with E-state index in [1.54, 1.807) is 12.1 Å². The zero-order valence-corrected chi connectivity index (χ0v) is 20.0. The second-order valence-corrected chi connectivity index (χ2v) is 9.42. The van der Waals surface area contributed by atoms with E-state index in [0.717, 1.165) is 18.6 Å². The fourth-order valence-electron chi connectivity index (χ4n) is 4.64. The van der Waals surface area contributed by atoms with Crippen molar-refractivity contribution >= 4 is 17.7 Å². The maximum absolute atomic E-state index is 13.2. The number of allylic oxidation sites excluding steroid dienone is 2. The van der Waals surface area contributed by atoms with Gasteiger partial charge in [-0.3, -0.25) is 4.79 Å². The zero-order valence-electron chi connectivity index (χ0n) is 20.0. The lowest BCUT2D eigenvalue weighted by Crippen LogP contribution is -2.53. The van der Waals surface area contributed by atoms with Crippen molar-refractivity contribution in [2.24, 2.45) is 0 Å². The molecule has 2 aliphatic heterocycles. The molecule has 0 fully saturated rings. The van der Waals surface area contributed by atoms with Gasteiger partial charge in [-0.05, 0) is 69.5 Å². The van der Waals surface area contributed by atoms with Crippen LogP contribution in [0.25, 0.3) is 6.08 Å². The molecule has 0 aliphatic carbocycles. The molecular formula is C27H28F3NO4. The third-order valence-electron chi connectivity index (χ3n) is 6.48. The van der Waals surface area contributed by atoms with Crippen LogP contribution in [0.1, 0.15) is 55.9 Å². The van der Waals surface area contributed by atoms with Crippen LogP contribution in [0.5, 0.6) is 5.75 Å². The van der Waals surface area contributed by atoms with Crippen molar-refractivity contribution < 1.29 is 32.5 Å². The number of benzene rings is 2. The summed E-state index contributed by atoms with van der Waals surface area (Å²) in [4.78, 5) is 12.9. The van der Waals surface area contributed by atoms with Gasteiger partial charge in [0, 0.05) is 12.7 Å². The Morgan fingerprint density at radius 3 is 2.49 bits per heavy atom. The van der Waals surface area contributed by atoms with Crippen LogP contribution in [-0.2, 0) is 21.3 Å². The van der Waals surface area contributed by atoms with Gasteiger partial charge in [-0.1, -0.05) is 29.9 Å². The third kappa shape index (κ3) is 4.48. The maximum Gasteiger partial charge on any atom is 0.416 e. The van der Waals surface area contributed by atoms with Crippen LogP contribution >= 0.6 is 0 Å². The fraction of sp³-hybridized carbons (Fsp3) is 0.370. The van der Waals surface area contributed by atoms with Crippen molar-refractivity contribution in [2.75, 3.05) is 12.4 Å². The molecule has 0 unspecified atom stereocenters. The second-order valence-electron chi connectivity index (χ2n) is 9.42. The number of hydrogen-bond acceptors (Lipinski definition) is 4. The Hall–Kier alpha value is -3.10. The molecule has 1 amide bonds. The number of methoxy groups -OCH3 is 1. The summed E-state index contributed by atoms with van der Waals surface area (Å²) in [5.41, 5.74) is -1.13.